The van der Waals surface area contributed by atoms with Gasteiger partial charge in [0.2, 0.25) is 0 Å². The molecule has 0 amide bonds. The molecule has 1 unspecified atom stereocenters. The number of fused-ring (bicyclic) bond motifs is 1. The van der Waals surface area contributed by atoms with Crippen LogP contribution < -0.4 is 0 Å². The smallest absolute Gasteiger partial charge is 0.00506 e. The highest BCUT2D eigenvalue weighted by molar-refractivity contribution is 5.32. The van der Waals surface area contributed by atoms with Crippen molar-refractivity contribution in [3.8, 4) is 0 Å². The molecule has 19 heavy (non-hydrogen) atoms. The van der Waals surface area contributed by atoms with E-state index in [1.165, 1.54) is 57.8 Å². The molecule has 0 spiro atoms. The second-order valence-electron chi connectivity index (χ2n) is 7.07. The molecule has 0 radical (unpaired) electrons. The second kappa shape index (κ2) is 5.31. The Bertz CT molecular complexity index is 427. The van der Waals surface area contributed by atoms with Crippen molar-refractivity contribution >= 4 is 0 Å². The molecule has 0 heteroatoms. The van der Waals surface area contributed by atoms with Gasteiger partial charge in [-0.3, -0.25) is 0 Å². The second-order valence-corrected chi connectivity index (χ2v) is 7.07. The van der Waals surface area contributed by atoms with Crippen molar-refractivity contribution in [1.82, 2.24) is 0 Å². The van der Waals surface area contributed by atoms with Crippen LogP contribution in [0, 0.1) is 11.3 Å². The van der Waals surface area contributed by atoms with Crippen molar-refractivity contribution in [1.29, 1.82) is 0 Å². The molecule has 2 atom stereocenters. The first-order chi connectivity index (χ1) is 9.20. The summed E-state index contributed by atoms with van der Waals surface area (Å²) in [5, 5.41) is 0. The van der Waals surface area contributed by atoms with Crippen LogP contribution >= 0.6 is 0 Å². The molecular weight excluding hydrogens is 228 g/mol. The highest BCUT2D eigenvalue weighted by Gasteiger charge is 2.42. The van der Waals surface area contributed by atoms with Gasteiger partial charge in [-0.25, -0.2) is 0 Å². The van der Waals surface area contributed by atoms with Crippen molar-refractivity contribution in [2.75, 3.05) is 0 Å². The quantitative estimate of drug-likeness (QED) is 0.508. The highest BCUT2D eigenvalue weighted by Crippen LogP contribution is 2.54. The van der Waals surface area contributed by atoms with E-state index in [9.17, 15) is 0 Å². The molecule has 0 aromatic heterocycles. The zero-order chi connectivity index (χ0) is 13.3. The Morgan fingerprint density at radius 3 is 2.63 bits per heavy atom. The Kier molecular flexibility index (Phi) is 3.69. The van der Waals surface area contributed by atoms with Crippen LogP contribution in [0.1, 0.15) is 71.6 Å². The molecule has 0 aromatic carbocycles. The maximum atomic E-state index is 2.51. The lowest BCUT2D eigenvalue weighted by Gasteiger charge is -2.40. The Balaban J connectivity index is 1.77. The Morgan fingerprint density at radius 2 is 1.84 bits per heavy atom. The van der Waals surface area contributed by atoms with E-state index in [1.807, 2.05) is 0 Å². The SMILES string of the molecule is CC1=CCC2/C(=C/C=C3CCCCC3)CCC[C@]12C. The summed E-state index contributed by atoms with van der Waals surface area (Å²) >= 11 is 0. The normalized spacial score (nSPS) is 37.2. The molecular formula is C19H28. The minimum atomic E-state index is 0.481. The lowest BCUT2D eigenvalue weighted by molar-refractivity contribution is 0.234. The summed E-state index contributed by atoms with van der Waals surface area (Å²) in [6.07, 6.45) is 19.9. The fourth-order valence-corrected chi connectivity index (χ4v) is 4.43. The first-order valence-electron chi connectivity index (χ1n) is 8.26. The fourth-order valence-electron chi connectivity index (χ4n) is 4.43. The molecule has 0 N–H and O–H groups in total. The van der Waals surface area contributed by atoms with Crippen molar-refractivity contribution in [3.05, 3.63) is 34.9 Å². The van der Waals surface area contributed by atoms with E-state index < -0.39 is 0 Å². The molecule has 0 saturated heterocycles. The van der Waals surface area contributed by atoms with Gasteiger partial charge in [0.1, 0.15) is 0 Å². The third-order valence-corrected chi connectivity index (χ3v) is 5.97. The van der Waals surface area contributed by atoms with Crippen LogP contribution in [0.15, 0.2) is 34.9 Å². The summed E-state index contributed by atoms with van der Waals surface area (Å²) in [5.41, 5.74) is 5.57. The molecule has 3 aliphatic carbocycles. The largest absolute Gasteiger partial charge is 0.0844 e. The maximum absolute atomic E-state index is 2.51. The average molecular weight is 256 g/mol. The van der Waals surface area contributed by atoms with Crippen LogP contribution in [-0.4, -0.2) is 0 Å². The summed E-state index contributed by atoms with van der Waals surface area (Å²) in [6.45, 7) is 4.85. The molecule has 2 saturated carbocycles. The number of allylic oxidation sites excluding steroid dienone is 6. The minimum Gasteiger partial charge on any atom is -0.0844 e. The lowest BCUT2D eigenvalue weighted by Crippen LogP contribution is -2.29. The van der Waals surface area contributed by atoms with Gasteiger partial charge in [0.15, 0.2) is 0 Å². The molecule has 104 valence electrons. The van der Waals surface area contributed by atoms with Crippen LogP contribution in [0.2, 0.25) is 0 Å². The van der Waals surface area contributed by atoms with E-state index in [1.54, 1.807) is 16.7 Å². The van der Waals surface area contributed by atoms with E-state index in [-0.39, 0.29) is 0 Å². The van der Waals surface area contributed by atoms with Crippen molar-refractivity contribution in [2.45, 2.75) is 71.6 Å². The zero-order valence-corrected chi connectivity index (χ0v) is 12.7. The van der Waals surface area contributed by atoms with Gasteiger partial charge >= 0.3 is 0 Å². The molecule has 0 aromatic rings. The van der Waals surface area contributed by atoms with Crippen LogP contribution in [0.5, 0.6) is 0 Å². The predicted octanol–water partition coefficient (Wildman–Crippen LogP) is 5.96. The Hall–Kier alpha value is -0.780. The summed E-state index contributed by atoms with van der Waals surface area (Å²) < 4.78 is 0. The van der Waals surface area contributed by atoms with Gasteiger partial charge in [-0.1, -0.05) is 48.3 Å². The third-order valence-electron chi connectivity index (χ3n) is 5.97. The van der Waals surface area contributed by atoms with E-state index in [0.717, 1.165) is 5.92 Å². The molecule has 0 bridgehead atoms. The summed E-state index contributed by atoms with van der Waals surface area (Å²) in [6, 6.07) is 0. The predicted molar refractivity (Wildman–Crippen MR) is 83.1 cm³/mol. The van der Waals surface area contributed by atoms with Gasteiger partial charge in [-0.2, -0.15) is 0 Å². The topological polar surface area (TPSA) is 0 Å². The molecule has 0 nitrogen and oxygen atoms in total. The van der Waals surface area contributed by atoms with Crippen LogP contribution in [0.4, 0.5) is 0 Å². The molecule has 0 aliphatic heterocycles. The van der Waals surface area contributed by atoms with E-state index in [0.29, 0.717) is 5.41 Å². The molecule has 3 rings (SSSR count). The lowest BCUT2D eigenvalue weighted by atomic mass is 9.64. The summed E-state index contributed by atoms with van der Waals surface area (Å²) in [7, 11) is 0. The first kappa shape index (κ1) is 13.2. The van der Waals surface area contributed by atoms with Gasteiger partial charge < -0.3 is 0 Å². The van der Waals surface area contributed by atoms with Gasteiger partial charge in [0.05, 0.1) is 0 Å². The van der Waals surface area contributed by atoms with Crippen LogP contribution in [0.25, 0.3) is 0 Å². The number of hydrogen-bond donors (Lipinski definition) is 0. The van der Waals surface area contributed by atoms with Gasteiger partial charge in [-0.05, 0) is 69.6 Å². The van der Waals surface area contributed by atoms with Crippen molar-refractivity contribution in [2.24, 2.45) is 11.3 Å². The molecule has 2 fully saturated rings. The van der Waals surface area contributed by atoms with E-state index in [2.05, 4.69) is 32.1 Å². The van der Waals surface area contributed by atoms with E-state index >= 15 is 0 Å². The van der Waals surface area contributed by atoms with E-state index in [4.69, 9.17) is 0 Å². The minimum absolute atomic E-state index is 0.481. The standard InChI is InChI=1S/C19H28/c1-15-10-13-18-17(9-6-14-19(15,18)2)12-11-16-7-4-3-5-8-16/h10-12,18H,3-9,13-14H2,1-2H3/b17-12+/t18?,19-/m1/s1. The monoisotopic (exact) mass is 256 g/mol. The van der Waals surface area contributed by atoms with Crippen LogP contribution in [-0.2, 0) is 0 Å². The van der Waals surface area contributed by atoms with Crippen LogP contribution in [0.3, 0.4) is 0 Å². The Morgan fingerprint density at radius 1 is 1.05 bits per heavy atom. The Labute approximate surface area is 118 Å². The van der Waals surface area contributed by atoms with Gasteiger partial charge in [0.25, 0.3) is 0 Å². The number of rotatable bonds is 1. The molecule has 0 heterocycles. The maximum Gasteiger partial charge on any atom is -0.00506 e. The average Bonchev–Trinajstić information content (AvgIpc) is 2.74. The summed E-state index contributed by atoms with van der Waals surface area (Å²) in [4.78, 5) is 0. The van der Waals surface area contributed by atoms with Gasteiger partial charge in [-0.15, -0.1) is 0 Å². The first-order valence-corrected chi connectivity index (χ1v) is 8.26. The molecule has 3 aliphatic rings. The fraction of sp³-hybridized carbons (Fsp3) is 0.684. The number of hydrogen-bond acceptors (Lipinski definition) is 0. The van der Waals surface area contributed by atoms with Gasteiger partial charge in [0, 0.05) is 0 Å². The third kappa shape index (κ3) is 2.47. The summed E-state index contributed by atoms with van der Waals surface area (Å²) in [5.74, 6) is 0.807. The zero-order valence-electron chi connectivity index (χ0n) is 12.7. The van der Waals surface area contributed by atoms with Crippen molar-refractivity contribution in [3.63, 3.8) is 0 Å². The van der Waals surface area contributed by atoms with Crippen molar-refractivity contribution < 1.29 is 0 Å². The highest BCUT2D eigenvalue weighted by atomic mass is 14.5.